The van der Waals surface area contributed by atoms with Gasteiger partial charge in [0.05, 0.1) is 19.3 Å². The summed E-state index contributed by atoms with van der Waals surface area (Å²) in [5.74, 6) is -0.216. The molecule has 0 aromatic heterocycles. The van der Waals surface area contributed by atoms with Crippen molar-refractivity contribution in [1.82, 2.24) is 10.6 Å². The number of carboxylic acid groups (broad SMARTS) is 1. The molecule has 1 saturated heterocycles. The maximum atomic E-state index is 12.1. The monoisotopic (exact) mass is 298 g/mol. The Kier molecular flexibility index (Phi) is 5.08. The number of hydrogen-bond acceptors (Lipinski definition) is 3. The number of carbonyl (C=O) groups excluding carboxylic acids is 1. The third-order valence-electron chi connectivity index (χ3n) is 4.84. The average Bonchev–Trinajstić information content (AvgIpc) is 2.65. The second-order valence-electron chi connectivity index (χ2n) is 6.72. The third kappa shape index (κ3) is 3.87. The number of ether oxygens (including phenoxy) is 1. The fourth-order valence-corrected chi connectivity index (χ4v) is 3.10. The van der Waals surface area contributed by atoms with Gasteiger partial charge >= 0.3 is 12.0 Å². The van der Waals surface area contributed by atoms with Crippen LogP contribution in [0.25, 0.3) is 0 Å². The van der Waals surface area contributed by atoms with Crippen LogP contribution in [0.2, 0.25) is 0 Å². The summed E-state index contributed by atoms with van der Waals surface area (Å²) in [6.45, 7) is 4.24. The predicted octanol–water partition coefficient (Wildman–Crippen LogP) is 1.74. The smallest absolute Gasteiger partial charge is 0.315 e. The summed E-state index contributed by atoms with van der Waals surface area (Å²) in [6, 6.07) is -0.578. The van der Waals surface area contributed by atoms with Crippen LogP contribution in [0.3, 0.4) is 0 Å². The van der Waals surface area contributed by atoms with Gasteiger partial charge in [0, 0.05) is 6.04 Å². The number of urea groups is 1. The van der Waals surface area contributed by atoms with Crippen LogP contribution in [-0.2, 0) is 9.53 Å². The first kappa shape index (κ1) is 16.1. The minimum absolute atomic E-state index is 0.133. The van der Waals surface area contributed by atoms with Gasteiger partial charge in [0.25, 0.3) is 0 Å². The zero-order chi connectivity index (χ0) is 15.5. The molecule has 3 N–H and O–H groups in total. The number of rotatable bonds is 3. The van der Waals surface area contributed by atoms with Gasteiger partial charge in [0.15, 0.2) is 0 Å². The lowest BCUT2D eigenvalue weighted by Crippen LogP contribution is -2.53. The Labute approximate surface area is 125 Å². The molecular formula is C15H26N2O4. The van der Waals surface area contributed by atoms with Crippen LogP contribution in [-0.4, -0.2) is 42.4 Å². The topological polar surface area (TPSA) is 87.7 Å². The molecule has 1 saturated carbocycles. The zero-order valence-electron chi connectivity index (χ0n) is 12.9. The van der Waals surface area contributed by atoms with Crippen LogP contribution in [0.1, 0.15) is 46.0 Å². The molecule has 2 rings (SSSR count). The van der Waals surface area contributed by atoms with E-state index in [1.165, 1.54) is 6.42 Å². The molecule has 2 aliphatic rings. The molecule has 0 radical (unpaired) electrons. The van der Waals surface area contributed by atoms with Crippen molar-refractivity contribution in [3.05, 3.63) is 0 Å². The summed E-state index contributed by atoms with van der Waals surface area (Å²) >= 11 is 0. The summed E-state index contributed by atoms with van der Waals surface area (Å²) in [5, 5.41) is 15.1. The largest absolute Gasteiger partial charge is 0.481 e. The van der Waals surface area contributed by atoms with Gasteiger partial charge in [-0.25, -0.2) is 4.79 Å². The Morgan fingerprint density at radius 1 is 1.19 bits per heavy atom. The Bertz CT molecular complexity index is 401. The SMILES string of the molecule is CC1CCCC(NC(=O)NC2COCC2(C)C(=O)O)CC1. The Morgan fingerprint density at radius 3 is 2.67 bits per heavy atom. The van der Waals surface area contributed by atoms with Gasteiger partial charge < -0.3 is 20.5 Å². The molecule has 120 valence electrons. The van der Waals surface area contributed by atoms with Gasteiger partial charge in [0.1, 0.15) is 5.41 Å². The van der Waals surface area contributed by atoms with E-state index >= 15 is 0 Å². The molecule has 4 unspecified atom stereocenters. The molecule has 6 nitrogen and oxygen atoms in total. The minimum Gasteiger partial charge on any atom is -0.481 e. The molecule has 2 fully saturated rings. The van der Waals surface area contributed by atoms with Crippen molar-refractivity contribution in [3.8, 4) is 0 Å². The van der Waals surface area contributed by atoms with Gasteiger partial charge in [-0.15, -0.1) is 0 Å². The summed E-state index contributed by atoms with van der Waals surface area (Å²) in [7, 11) is 0. The number of nitrogens with one attached hydrogen (secondary N) is 2. The average molecular weight is 298 g/mol. The molecule has 0 aromatic rings. The highest BCUT2D eigenvalue weighted by Gasteiger charge is 2.47. The molecule has 1 aliphatic carbocycles. The third-order valence-corrected chi connectivity index (χ3v) is 4.84. The van der Waals surface area contributed by atoms with Crippen molar-refractivity contribution in [2.24, 2.45) is 11.3 Å². The molecule has 0 bridgehead atoms. The van der Waals surface area contributed by atoms with Crippen molar-refractivity contribution in [1.29, 1.82) is 0 Å². The molecule has 1 heterocycles. The molecule has 1 aliphatic heterocycles. The predicted molar refractivity (Wildman–Crippen MR) is 78.1 cm³/mol. The highest BCUT2D eigenvalue weighted by Crippen LogP contribution is 2.28. The molecule has 6 heteroatoms. The van der Waals surface area contributed by atoms with Crippen molar-refractivity contribution < 1.29 is 19.4 Å². The van der Waals surface area contributed by atoms with Crippen molar-refractivity contribution in [3.63, 3.8) is 0 Å². The van der Waals surface area contributed by atoms with Crippen molar-refractivity contribution >= 4 is 12.0 Å². The van der Waals surface area contributed by atoms with E-state index < -0.39 is 17.4 Å². The molecule has 21 heavy (non-hydrogen) atoms. The lowest BCUT2D eigenvalue weighted by molar-refractivity contribution is -0.148. The summed E-state index contributed by atoms with van der Waals surface area (Å²) in [6.07, 6.45) is 5.46. The normalized spacial score (nSPS) is 36.8. The van der Waals surface area contributed by atoms with Crippen LogP contribution in [0.4, 0.5) is 4.79 Å². The Balaban J connectivity index is 1.85. The van der Waals surface area contributed by atoms with Gasteiger partial charge in [-0.3, -0.25) is 4.79 Å². The fourth-order valence-electron chi connectivity index (χ4n) is 3.10. The second-order valence-corrected chi connectivity index (χ2v) is 6.72. The van der Waals surface area contributed by atoms with E-state index in [0.717, 1.165) is 31.6 Å². The van der Waals surface area contributed by atoms with Gasteiger partial charge in [-0.05, 0) is 32.1 Å². The van der Waals surface area contributed by atoms with Crippen LogP contribution in [0.15, 0.2) is 0 Å². The number of carbonyl (C=O) groups is 2. The van der Waals surface area contributed by atoms with E-state index in [4.69, 9.17) is 4.74 Å². The quantitative estimate of drug-likeness (QED) is 0.693. The summed E-state index contributed by atoms with van der Waals surface area (Å²) < 4.78 is 5.24. The van der Waals surface area contributed by atoms with Gasteiger partial charge in [-0.2, -0.15) is 0 Å². The maximum absolute atomic E-state index is 12.1. The van der Waals surface area contributed by atoms with E-state index in [9.17, 15) is 14.7 Å². The van der Waals surface area contributed by atoms with Crippen LogP contribution in [0, 0.1) is 11.3 Å². The van der Waals surface area contributed by atoms with Gasteiger partial charge in [0.2, 0.25) is 0 Å². The Hall–Kier alpha value is -1.30. The summed E-state index contributed by atoms with van der Waals surface area (Å²) in [5.41, 5.74) is -1.05. The second kappa shape index (κ2) is 6.64. The number of carboxylic acids is 1. The minimum atomic E-state index is -1.05. The van der Waals surface area contributed by atoms with Crippen molar-refractivity contribution in [2.75, 3.05) is 13.2 Å². The van der Waals surface area contributed by atoms with Crippen LogP contribution >= 0.6 is 0 Å². The molecule has 4 atom stereocenters. The molecule has 0 aromatic carbocycles. The zero-order valence-corrected chi connectivity index (χ0v) is 12.9. The van der Waals surface area contributed by atoms with Crippen molar-refractivity contribution in [2.45, 2.75) is 58.0 Å². The lowest BCUT2D eigenvalue weighted by atomic mass is 9.85. The van der Waals surface area contributed by atoms with E-state index in [0.29, 0.717) is 0 Å². The first-order chi connectivity index (χ1) is 9.91. The first-order valence-electron chi connectivity index (χ1n) is 7.80. The number of aliphatic carboxylic acids is 1. The van der Waals surface area contributed by atoms with Crippen LogP contribution < -0.4 is 10.6 Å². The highest BCUT2D eigenvalue weighted by atomic mass is 16.5. The summed E-state index contributed by atoms with van der Waals surface area (Å²) in [4.78, 5) is 23.4. The van der Waals surface area contributed by atoms with E-state index in [2.05, 4.69) is 17.6 Å². The van der Waals surface area contributed by atoms with Crippen LogP contribution in [0.5, 0.6) is 0 Å². The first-order valence-corrected chi connectivity index (χ1v) is 7.80. The number of hydrogen-bond donors (Lipinski definition) is 3. The molecule has 0 spiro atoms. The van der Waals surface area contributed by atoms with Gasteiger partial charge in [-0.1, -0.05) is 19.8 Å². The maximum Gasteiger partial charge on any atom is 0.315 e. The Morgan fingerprint density at radius 2 is 1.95 bits per heavy atom. The van der Waals surface area contributed by atoms with E-state index in [1.807, 2.05) is 0 Å². The van der Waals surface area contributed by atoms with E-state index in [-0.39, 0.29) is 25.3 Å². The lowest BCUT2D eigenvalue weighted by Gasteiger charge is -2.26. The fraction of sp³-hybridized carbons (Fsp3) is 0.867. The standard InChI is InChI=1S/C15H26N2O4/c1-10-4-3-5-11(7-6-10)16-14(20)17-12-8-21-9-15(12,2)13(18)19/h10-12H,3-9H2,1-2H3,(H,18,19)(H2,16,17,20). The molecule has 2 amide bonds. The highest BCUT2D eigenvalue weighted by molar-refractivity contribution is 5.79. The number of amides is 2. The van der Waals surface area contributed by atoms with E-state index in [1.54, 1.807) is 6.92 Å². The molecular weight excluding hydrogens is 272 g/mol.